The summed E-state index contributed by atoms with van der Waals surface area (Å²) in [4.78, 5) is 49.0. The van der Waals surface area contributed by atoms with Gasteiger partial charge in [0.15, 0.2) is 11.6 Å². The molecule has 15 nitrogen and oxygen atoms in total. The Labute approximate surface area is 596 Å². The molecule has 0 N–H and O–H groups in total. The molecule has 0 amide bonds. The van der Waals surface area contributed by atoms with Gasteiger partial charge in [-0.15, -0.1) is 68.0 Å². The lowest BCUT2D eigenvalue weighted by atomic mass is 9.94. The van der Waals surface area contributed by atoms with E-state index in [-0.39, 0.29) is 76.2 Å². The molecule has 5 aliphatic rings. The van der Waals surface area contributed by atoms with Crippen molar-refractivity contribution in [2.24, 2.45) is 0 Å². The van der Waals surface area contributed by atoms with E-state index in [1.165, 1.54) is 46.9 Å². The first-order valence-electron chi connectivity index (χ1n) is 28.8. The quantitative estimate of drug-likeness (QED) is 0.111. The van der Waals surface area contributed by atoms with E-state index in [0.29, 0.717) is 60.3 Å². The first kappa shape index (κ1) is 61.0. The highest BCUT2D eigenvalue weighted by Crippen LogP contribution is 2.60. The zero-order valence-electron chi connectivity index (χ0n) is 49.9. The van der Waals surface area contributed by atoms with Crippen LogP contribution in [0.1, 0.15) is 99.8 Å². The van der Waals surface area contributed by atoms with Gasteiger partial charge in [0.1, 0.15) is 103 Å². The van der Waals surface area contributed by atoms with Gasteiger partial charge in [-0.3, -0.25) is 19.6 Å². The van der Waals surface area contributed by atoms with Crippen LogP contribution < -0.4 is 14.2 Å². The Morgan fingerprint density at radius 1 is 0.417 bits per heavy atom. The van der Waals surface area contributed by atoms with E-state index < -0.39 is 16.8 Å². The van der Waals surface area contributed by atoms with Crippen LogP contribution >= 0.6 is 138 Å². The maximum Gasteiger partial charge on any atom is 0.194 e. The number of carbonyl (C=O) groups is 2. The summed E-state index contributed by atoms with van der Waals surface area (Å²) in [5, 5.41) is 40.8. The molecule has 0 unspecified atom stereocenters. The fourth-order valence-electron chi connectivity index (χ4n) is 12.8. The fraction of sp³-hybridized carbons (Fsp3) is 0.130. The van der Waals surface area contributed by atoms with E-state index in [1.807, 2.05) is 76.5 Å². The topological polar surface area (TPSA) is 234 Å². The van der Waals surface area contributed by atoms with Crippen molar-refractivity contribution in [1.82, 2.24) is 27.5 Å². The van der Waals surface area contributed by atoms with E-state index >= 15 is 0 Å². The number of Topliss-reactive ketones (excluding diaryl/α,β-unsaturated/α-hetero) is 2. The molecule has 464 valence electrons. The van der Waals surface area contributed by atoms with Crippen LogP contribution in [0.3, 0.4) is 0 Å². The number of aromatic nitrogens is 6. The Morgan fingerprint density at radius 3 is 1.16 bits per heavy atom. The zero-order valence-corrected chi connectivity index (χ0v) is 59.4. The third kappa shape index (κ3) is 9.11. The molecule has 3 aliphatic heterocycles. The molecule has 27 heteroatoms. The molecule has 0 spiro atoms. The van der Waals surface area contributed by atoms with Crippen molar-refractivity contribution in [1.29, 1.82) is 21.0 Å². The van der Waals surface area contributed by atoms with Crippen molar-refractivity contribution in [3.63, 3.8) is 0 Å². The largest absolute Gasteiger partial charge is 0.482 e. The van der Waals surface area contributed by atoms with Crippen molar-refractivity contribution >= 4 is 195 Å². The average Bonchev–Trinajstić information content (AvgIpc) is 1.59. The van der Waals surface area contributed by atoms with Crippen LogP contribution in [0.5, 0.6) is 17.2 Å². The molecule has 0 radical (unpaired) electrons. The Balaban J connectivity index is 0.680. The summed E-state index contributed by atoms with van der Waals surface area (Å²) in [7, 11) is 0. The number of ether oxygens (including phenoxy) is 3. The molecule has 13 heterocycles. The standard InChI is InChI=1S/C69H32Cl4N10O5S8/c1-67(2)37-15-47(35-23-78-55(57-53(35)80-95-82-57)49-16-38-61(93-49)64-44(86-68(38,3)4)9-27(89-64)7-33-51(25(19-74)20-75)29-11-40(70)42(72)13-31(29)59(33)84)91-63(37)66-46(88-67)18-48(92-66)36-24-79-56(58-54(36)81-96-83-58)50-17-39-62(94-50)65-45(87-69(39,5)6)10-28(90-65)8-34-52(26(21-76)22-77)30-12-41(71)43(73)14-32(30)60(34)85/h7-18,23-24H,1-6H3/b33-7-,34-8-. The Kier molecular flexibility index (Phi) is 13.8. The monoisotopic (exact) mass is 1480 g/mol. The Hall–Kier alpha value is -8.60. The molecular weight excluding hydrogens is 1450 g/mol. The van der Waals surface area contributed by atoms with Crippen molar-refractivity contribution in [3.8, 4) is 113 Å². The molecule has 12 aromatic rings. The van der Waals surface area contributed by atoms with Crippen LogP contribution in [0.25, 0.3) is 117 Å². The number of pyridine rings is 2. The molecule has 96 heavy (non-hydrogen) atoms. The minimum Gasteiger partial charge on any atom is -0.482 e. The number of benzene rings is 2. The van der Waals surface area contributed by atoms with Gasteiger partial charge in [-0.1, -0.05) is 46.4 Å². The predicted octanol–water partition coefficient (Wildman–Crippen LogP) is 21.2. The molecule has 0 bridgehead atoms. The van der Waals surface area contributed by atoms with Crippen LogP contribution in [0, 0.1) is 45.3 Å². The fourth-order valence-corrected chi connectivity index (χ4v) is 22.1. The molecule has 2 aromatic carbocycles. The molecule has 0 saturated carbocycles. The summed E-state index contributed by atoms with van der Waals surface area (Å²) < 4.78 is 39.8. The number of rotatable bonds is 6. The van der Waals surface area contributed by atoms with Gasteiger partial charge >= 0.3 is 0 Å². The first-order chi connectivity index (χ1) is 46.0. The second-order valence-corrected chi connectivity index (χ2v) is 33.3. The normalized spacial score (nSPS) is 16.3. The van der Waals surface area contributed by atoms with Gasteiger partial charge in [0.2, 0.25) is 0 Å². The SMILES string of the molecule is CC1(C)Oc2cc(-c3cnc(-c4cc5c(s4)-c4sc(/C=C6\C(=O)c7cc(Cl)c(Cl)cc7C6=C(C#N)C#N)cc4OC5(C)C)c4nsnc34)sc2-c2sc(-c3cnc(-c4cc5c(s4)-c4sc(/C=C6\C(=O)c7cc(Cl)c(Cl)cc7C6=C(C#N)C#N)cc4OC5(C)C)c4nsnc34)cc21. The van der Waals surface area contributed by atoms with E-state index in [9.17, 15) is 30.6 Å². The van der Waals surface area contributed by atoms with Crippen LogP contribution in [-0.2, 0) is 16.8 Å². The molecule has 2 aliphatic carbocycles. The first-order valence-corrected chi connectivity index (χ1v) is 36.7. The lowest BCUT2D eigenvalue weighted by molar-refractivity contribution is 0.103. The minimum absolute atomic E-state index is 0.187. The van der Waals surface area contributed by atoms with Gasteiger partial charge in [0.25, 0.3) is 0 Å². The number of allylic oxidation sites excluding steroid dienone is 6. The number of fused-ring (bicyclic) bond motifs is 13. The number of nitrogens with zero attached hydrogens (tertiary/aromatic N) is 10. The van der Waals surface area contributed by atoms with Crippen molar-refractivity contribution in [2.45, 2.75) is 58.3 Å². The van der Waals surface area contributed by atoms with Gasteiger partial charge in [0, 0.05) is 93.1 Å². The maximum absolute atomic E-state index is 14.0. The van der Waals surface area contributed by atoms with Gasteiger partial charge in [-0.25, -0.2) is 0 Å². The van der Waals surface area contributed by atoms with E-state index in [1.54, 1.807) is 57.5 Å². The van der Waals surface area contributed by atoms with Crippen LogP contribution in [-0.4, -0.2) is 39.0 Å². The number of ketones is 2. The predicted molar refractivity (Wildman–Crippen MR) is 384 cm³/mol. The lowest BCUT2D eigenvalue weighted by Crippen LogP contribution is -2.27. The molecule has 0 atom stereocenters. The average molecular weight is 1480 g/mol. The maximum atomic E-state index is 14.0. The van der Waals surface area contributed by atoms with Crippen molar-refractivity contribution in [3.05, 3.63) is 164 Å². The van der Waals surface area contributed by atoms with Gasteiger partial charge in [-0.2, -0.15) is 38.5 Å². The third-order valence-electron chi connectivity index (χ3n) is 17.3. The van der Waals surface area contributed by atoms with Crippen molar-refractivity contribution < 1.29 is 23.8 Å². The molecule has 17 rings (SSSR count). The lowest BCUT2D eigenvalue weighted by Gasteiger charge is -2.31. The Morgan fingerprint density at radius 2 is 0.750 bits per heavy atom. The highest BCUT2D eigenvalue weighted by molar-refractivity contribution is 7.26. The number of hydrogen-bond donors (Lipinski definition) is 0. The number of thiophene rings is 6. The summed E-state index contributed by atoms with van der Waals surface area (Å²) in [5.41, 5.74) is 8.11. The molecule has 0 fully saturated rings. The van der Waals surface area contributed by atoms with Crippen LogP contribution in [0.2, 0.25) is 20.1 Å². The second kappa shape index (κ2) is 21.7. The van der Waals surface area contributed by atoms with Crippen LogP contribution in [0.4, 0.5) is 0 Å². The van der Waals surface area contributed by atoms with E-state index in [4.69, 9.17) is 88.1 Å². The summed E-state index contributed by atoms with van der Waals surface area (Å²) in [6.07, 6.45) is 7.13. The number of hydrogen-bond acceptors (Lipinski definition) is 23. The minimum atomic E-state index is -0.760. The highest BCUT2D eigenvalue weighted by atomic mass is 35.5. The molecule has 10 aromatic heterocycles. The summed E-state index contributed by atoms with van der Waals surface area (Å²) >= 11 is 37.0. The third-order valence-corrected chi connectivity index (χ3v) is 27.0. The van der Waals surface area contributed by atoms with Crippen molar-refractivity contribution in [2.75, 3.05) is 0 Å². The summed E-state index contributed by atoms with van der Waals surface area (Å²) in [5.74, 6) is 1.27. The van der Waals surface area contributed by atoms with E-state index in [0.717, 1.165) is 111 Å². The summed E-state index contributed by atoms with van der Waals surface area (Å²) in [6.45, 7) is 12.2. The number of nitriles is 4. The smallest absolute Gasteiger partial charge is 0.194 e. The van der Waals surface area contributed by atoms with E-state index in [2.05, 4.69) is 38.1 Å². The van der Waals surface area contributed by atoms with Gasteiger partial charge < -0.3 is 14.2 Å². The molecule has 0 saturated heterocycles. The Bertz CT molecular complexity index is 5960. The second-order valence-electron chi connectivity index (χ2n) is 24.2. The zero-order chi connectivity index (χ0) is 66.5. The number of halogens is 4. The molecular formula is C69H32Cl4N10O5S8. The van der Waals surface area contributed by atoms with Gasteiger partial charge in [0.05, 0.1) is 82.6 Å². The van der Waals surface area contributed by atoms with Gasteiger partial charge in [-0.05, 0) is 125 Å². The van der Waals surface area contributed by atoms with Crippen LogP contribution in [0.15, 0.2) is 95.3 Å². The summed E-state index contributed by atoms with van der Waals surface area (Å²) in [6, 6.07) is 26.0. The highest BCUT2D eigenvalue weighted by Gasteiger charge is 2.43. The number of carbonyl (C=O) groups excluding carboxylic acids is 2.